The van der Waals surface area contributed by atoms with Crippen LogP contribution in [0.25, 0.3) is 0 Å². The minimum Gasteiger partial charge on any atom is -0.383 e. The van der Waals surface area contributed by atoms with Gasteiger partial charge in [0.25, 0.3) is 0 Å². The van der Waals surface area contributed by atoms with Gasteiger partial charge >= 0.3 is 0 Å². The molecule has 1 aliphatic rings. The van der Waals surface area contributed by atoms with Crippen molar-refractivity contribution in [3.8, 4) is 0 Å². The molecule has 17 heavy (non-hydrogen) atoms. The molecule has 2 atom stereocenters. The van der Waals surface area contributed by atoms with Gasteiger partial charge in [-0.3, -0.25) is 4.90 Å². The summed E-state index contributed by atoms with van der Waals surface area (Å²) in [6, 6.07) is 0.435. The van der Waals surface area contributed by atoms with Gasteiger partial charge in [0.1, 0.15) is 0 Å². The van der Waals surface area contributed by atoms with Gasteiger partial charge in [-0.1, -0.05) is 6.92 Å². The summed E-state index contributed by atoms with van der Waals surface area (Å²) in [6.07, 6.45) is 2.66. The molecule has 1 aliphatic heterocycles. The highest BCUT2D eigenvalue weighted by Crippen LogP contribution is 2.06. The van der Waals surface area contributed by atoms with Crippen molar-refractivity contribution >= 4 is 0 Å². The Hall–Kier alpha value is -0.160. The minimum absolute atomic E-state index is 0.354. The number of hydrogen-bond acceptors (Lipinski definition) is 4. The average molecular weight is 244 g/mol. The highest BCUT2D eigenvalue weighted by atomic mass is 16.5. The van der Waals surface area contributed by atoms with E-state index >= 15 is 0 Å². The maximum Gasteiger partial charge on any atom is 0.0673 e. The topological polar surface area (TPSA) is 33.7 Å². The smallest absolute Gasteiger partial charge is 0.0673 e. The van der Waals surface area contributed by atoms with Gasteiger partial charge in [0.15, 0.2) is 0 Å². The van der Waals surface area contributed by atoms with Crippen molar-refractivity contribution < 1.29 is 9.47 Å². The Morgan fingerprint density at radius 3 is 3.06 bits per heavy atom. The van der Waals surface area contributed by atoms with Gasteiger partial charge in [0.2, 0.25) is 0 Å². The zero-order valence-electron chi connectivity index (χ0n) is 11.6. The van der Waals surface area contributed by atoms with Crippen molar-refractivity contribution in [2.45, 2.75) is 38.8 Å². The van der Waals surface area contributed by atoms with Crippen LogP contribution in [0.15, 0.2) is 0 Å². The van der Waals surface area contributed by atoms with Crippen LogP contribution >= 0.6 is 0 Å². The molecule has 4 nitrogen and oxygen atoms in total. The van der Waals surface area contributed by atoms with Crippen LogP contribution in [-0.4, -0.2) is 63.5 Å². The van der Waals surface area contributed by atoms with E-state index in [9.17, 15) is 0 Å². The lowest BCUT2D eigenvalue weighted by atomic mass is 10.2. The monoisotopic (exact) mass is 244 g/mol. The molecule has 102 valence electrons. The minimum atomic E-state index is 0.354. The fourth-order valence-corrected chi connectivity index (χ4v) is 2.28. The first-order chi connectivity index (χ1) is 8.26. The van der Waals surface area contributed by atoms with Crippen LogP contribution in [-0.2, 0) is 9.47 Å². The third-order valence-electron chi connectivity index (χ3n) is 3.07. The molecule has 0 aromatic carbocycles. The highest BCUT2D eigenvalue weighted by molar-refractivity contribution is 4.75. The molecule has 0 radical (unpaired) electrons. The number of nitrogens with zero attached hydrogens (tertiary/aromatic N) is 1. The summed E-state index contributed by atoms with van der Waals surface area (Å²) < 4.78 is 10.9. The van der Waals surface area contributed by atoms with Crippen molar-refractivity contribution in [1.29, 1.82) is 0 Å². The van der Waals surface area contributed by atoms with E-state index in [4.69, 9.17) is 9.47 Å². The summed E-state index contributed by atoms with van der Waals surface area (Å²) in [5, 5.41) is 3.55. The molecular weight excluding hydrogens is 216 g/mol. The van der Waals surface area contributed by atoms with E-state index in [-0.39, 0.29) is 0 Å². The standard InChI is InChI=1S/C13H28N2O2/c1-4-6-14-13(11-16-3)10-15-7-5-8-17-12(2)9-15/h12-14H,4-11H2,1-3H3. The van der Waals surface area contributed by atoms with Crippen LogP contribution in [0.1, 0.15) is 26.7 Å². The van der Waals surface area contributed by atoms with Crippen LogP contribution in [0.5, 0.6) is 0 Å². The molecule has 0 amide bonds. The quantitative estimate of drug-likeness (QED) is 0.727. The van der Waals surface area contributed by atoms with Crippen molar-refractivity contribution in [3.63, 3.8) is 0 Å². The SMILES string of the molecule is CCCNC(COC)CN1CCCOC(C)C1. The maximum absolute atomic E-state index is 5.66. The second-order valence-electron chi connectivity index (χ2n) is 4.90. The van der Waals surface area contributed by atoms with Crippen molar-refractivity contribution in [2.24, 2.45) is 0 Å². The third kappa shape index (κ3) is 6.36. The second kappa shape index (κ2) is 8.86. The zero-order chi connectivity index (χ0) is 12.5. The summed E-state index contributed by atoms with van der Waals surface area (Å²) in [6.45, 7) is 10.3. The van der Waals surface area contributed by atoms with Crippen LogP contribution in [0.4, 0.5) is 0 Å². The molecule has 0 aromatic rings. The Bertz CT molecular complexity index is 190. The molecule has 0 bridgehead atoms. The van der Waals surface area contributed by atoms with Crippen molar-refractivity contribution in [1.82, 2.24) is 10.2 Å². The van der Waals surface area contributed by atoms with Gasteiger partial charge in [0.05, 0.1) is 12.7 Å². The van der Waals surface area contributed by atoms with Crippen LogP contribution in [0.3, 0.4) is 0 Å². The van der Waals surface area contributed by atoms with Gasteiger partial charge in [0, 0.05) is 39.4 Å². The number of rotatable bonds is 7. The lowest BCUT2D eigenvalue weighted by molar-refractivity contribution is 0.0635. The Morgan fingerprint density at radius 1 is 1.53 bits per heavy atom. The van der Waals surface area contributed by atoms with E-state index < -0.39 is 0 Å². The second-order valence-corrected chi connectivity index (χ2v) is 4.90. The molecular formula is C13H28N2O2. The lowest BCUT2D eigenvalue weighted by Gasteiger charge is -2.27. The van der Waals surface area contributed by atoms with Gasteiger partial charge in [-0.15, -0.1) is 0 Å². The van der Waals surface area contributed by atoms with E-state index in [1.807, 2.05) is 0 Å². The molecule has 4 heteroatoms. The number of ether oxygens (including phenoxy) is 2. The van der Waals surface area contributed by atoms with Crippen molar-refractivity contribution in [3.05, 3.63) is 0 Å². The summed E-state index contributed by atoms with van der Waals surface area (Å²) in [7, 11) is 1.77. The first-order valence-corrected chi connectivity index (χ1v) is 6.82. The summed E-state index contributed by atoms with van der Waals surface area (Å²) >= 11 is 0. The predicted octanol–water partition coefficient (Wildman–Crippen LogP) is 1.11. The molecule has 1 rings (SSSR count). The number of hydrogen-bond donors (Lipinski definition) is 1. The number of methoxy groups -OCH3 is 1. The molecule has 0 saturated carbocycles. The van der Waals surface area contributed by atoms with Crippen LogP contribution in [0, 0.1) is 0 Å². The van der Waals surface area contributed by atoms with Gasteiger partial charge in [-0.05, 0) is 26.3 Å². The first-order valence-electron chi connectivity index (χ1n) is 6.82. The Kier molecular flexibility index (Phi) is 7.77. The van der Waals surface area contributed by atoms with Crippen LogP contribution in [0.2, 0.25) is 0 Å². The molecule has 0 aliphatic carbocycles. The normalized spacial score (nSPS) is 24.5. The molecule has 1 saturated heterocycles. The van der Waals surface area contributed by atoms with E-state index in [0.29, 0.717) is 12.1 Å². The van der Waals surface area contributed by atoms with Crippen molar-refractivity contribution in [2.75, 3.05) is 46.5 Å². The lowest BCUT2D eigenvalue weighted by Crippen LogP contribution is -2.45. The fraction of sp³-hybridized carbons (Fsp3) is 1.00. The molecule has 2 unspecified atom stereocenters. The molecule has 1 N–H and O–H groups in total. The van der Waals surface area contributed by atoms with E-state index in [0.717, 1.165) is 45.8 Å². The fourth-order valence-electron chi connectivity index (χ4n) is 2.28. The van der Waals surface area contributed by atoms with Gasteiger partial charge in [-0.2, -0.15) is 0 Å². The van der Waals surface area contributed by atoms with E-state index in [1.165, 1.54) is 6.42 Å². The molecule has 0 spiro atoms. The van der Waals surface area contributed by atoms with Gasteiger partial charge < -0.3 is 14.8 Å². The maximum atomic E-state index is 5.66. The molecule has 0 aromatic heterocycles. The zero-order valence-corrected chi connectivity index (χ0v) is 11.6. The van der Waals surface area contributed by atoms with Crippen LogP contribution < -0.4 is 5.32 Å². The Labute approximate surface area is 106 Å². The predicted molar refractivity (Wildman–Crippen MR) is 70.4 cm³/mol. The van der Waals surface area contributed by atoms with E-state index in [2.05, 4.69) is 24.1 Å². The Morgan fingerprint density at radius 2 is 2.35 bits per heavy atom. The van der Waals surface area contributed by atoms with E-state index in [1.54, 1.807) is 7.11 Å². The molecule has 1 heterocycles. The van der Waals surface area contributed by atoms with Gasteiger partial charge in [-0.25, -0.2) is 0 Å². The average Bonchev–Trinajstić information content (AvgIpc) is 2.51. The summed E-state index contributed by atoms with van der Waals surface area (Å²) in [5.74, 6) is 0. The molecule has 1 fully saturated rings. The number of nitrogens with one attached hydrogen (secondary N) is 1. The highest BCUT2D eigenvalue weighted by Gasteiger charge is 2.18. The third-order valence-corrected chi connectivity index (χ3v) is 3.07. The summed E-state index contributed by atoms with van der Waals surface area (Å²) in [4.78, 5) is 2.49. The first kappa shape index (κ1) is 14.9. The summed E-state index contributed by atoms with van der Waals surface area (Å²) in [5.41, 5.74) is 0. The Balaban J connectivity index is 2.35. The largest absolute Gasteiger partial charge is 0.383 e.